The Balaban J connectivity index is 1.32. The summed E-state index contributed by atoms with van der Waals surface area (Å²) in [7, 11) is 0. The van der Waals surface area contributed by atoms with Crippen LogP contribution in [0.5, 0.6) is 0 Å². The monoisotopic (exact) mass is 430 g/mol. The number of carbonyl (C=O) groups is 1. The van der Waals surface area contributed by atoms with Gasteiger partial charge in [0.25, 0.3) is 0 Å². The van der Waals surface area contributed by atoms with E-state index < -0.39 is 17.7 Å². The molecule has 6 nitrogen and oxygen atoms in total. The van der Waals surface area contributed by atoms with Gasteiger partial charge in [-0.2, -0.15) is 0 Å². The van der Waals surface area contributed by atoms with Crippen molar-refractivity contribution in [2.24, 2.45) is 11.1 Å². The van der Waals surface area contributed by atoms with Crippen molar-refractivity contribution >= 4 is 5.91 Å². The predicted molar refractivity (Wildman–Crippen MR) is 120 cm³/mol. The van der Waals surface area contributed by atoms with Gasteiger partial charge in [-0.15, -0.1) is 0 Å². The summed E-state index contributed by atoms with van der Waals surface area (Å²) in [5, 5.41) is 10.3. The molecule has 0 radical (unpaired) electrons. The summed E-state index contributed by atoms with van der Waals surface area (Å²) in [6, 6.07) is 9.47. The van der Waals surface area contributed by atoms with Gasteiger partial charge in [0.1, 0.15) is 0 Å². The van der Waals surface area contributed by atoms with Crippen molar-refractivity contribution < 1.29 is 19.4 Å². The molecule has 1 amide bonds. The Kier molecular flexibility index (Phi) is 6.21. The van der Waals surface area contributed by atoms with Crippen molar-refractivity contribution in [3.63, 3.8) is 0 Å². The second-order valence-electron chi connectivity index (χ2n) is 10.7. The van der Waals surface area contributed by atoms with Gasteiger partial charge in [-0.05, 0) is 70.3 Å². The molecule has 0 aliphatic carbocycles. The topological polar surface area (TPSA) is 85.0 Å². The summed E-state index contributed by atoms with van der Waals surface area (Å²) in [6.45, 7) is 8.24. The second-order valence-corrected chi connectivity index (χ2v) is 10.7. The summed E-state index contributed by atoms with van der Waals surface area (Å²) in [6.07, 6.45) is 4.53. The van der Waals surface area contributed by atoms with Crippen LogP contribution in [0, 0.1) is 5.41 Å². The van der Waals surface area contributed by atoms with E-state index in [1.807, 2.05) is 49.1 Å². The van der Waals surface area contributed by atoms with Crippen LogP contribution in [-0.2, 0) is 20.7 Å². The Morgan fingerprint density at radius 1 is 1.19 bits per heavy atom. The van der Waals surface area contributed by atoms with Crippen LogP contribution in [0.15, 0.2) is 30.3 Å². The molecule has 3 aliphatic rings. The van der Waals surface area contributed by atoms with Crippen LogP contribution >= 0.6 is 0 Å². The Bertz CT molecular complexity index is 775. The van der Waals surface area contributed by atoms with Crippen LogP contribution in [0.25, 0.3) is 0 Å². The number of aliphatic hydroxyl groups excluding tert-OH is 1. The lowest BCUT2D eigenvalue weighted by Crippen LogP contribution is -2.56. The highest BCUT2D eigenvalue weighted by Crippen LogP contribution is 2.49. The van der Waals surface area contributed by atoms with E-state index in [0.717, 1.165) is 57.4 Å². The quantitative estimate of drug-likeness (QED) is 0.767. The van der Waals surface area contributed by atoms with Crippen molar-refractivity contribution in [3.05, 3.63) is 35.9 Å². The summed E-state index contributed by atoms with van der Waals surface area (Å²) >= 11 is 0. The Morgan fingerprint density at radius 3 is 2.52 bits per heavy atom. The smallest absolute Gasteiger partial charge is 0.239 e. The Hall–Kier alpha value is -1.47. The molecule has 0 bridgehead atoms. The van der Waals surface area contributed by atoms with Crippen molar-refractivity contribution in [1.82, 2.24) is 4.90 Å². The fourth-order valence-corrected chi connectivity index (χ4v) is 5.64. The van der Waals surface area contributed by atoms with Gasteiger partial charge in [-0.1, -0.05) is 30.3 Å². The first-order chi connectivity index (χ1) is 14.6. The number of benzene rings is 1. The van der Waals surface area contributed by atoms with Crippen LogP contribution in [0.4, 0.5) is 0 Å². The minimum Gasteiger partial charge on any atom is -0.390 e. The van der Waals surface area contributed by atoms with Crippen LogP contribution in [0.3, 0.4) is 0 Å². The molecule has 3 saturated heterocycles. The molecule has 1 spiro atoms. The molecule has 31 heavy (non-hydrogen) atoms. The van der Waals surface area contributed by atoms with Crippen LogP contribution in [0.1, 0.15) is 58.4 Å². The third-order valence-electron chi connectivity index (χ3n) is 7.85. The molecular formula is C25H38N2O4. The molecule has 4 atom stereocenters. The number of amides is 1. The number of nitrogens with zero attached hydrogens (tertiary/aromatic N) is 1. The SMILES string of the molecule is CC1(C)O[C@@](C)([C@H]2CC3(CCN(C(=O)[C@@H](N)Cc4ccccc4)CC3)CO2)CC[C@@H]1O. The lowest BCUT2D eigenvalue weighted by molar-refractivity contribution is -0.245. The molecule has 3 heterocycles. The van der Waals surface area contributed by atoms with E-state index >= 15 is 0 Å². The van der Waals surface area contributed by atoms with E-state index in [1.165, 1.54) is 0 Å². The average molecular weight is 431 g/mol. The molecular weight excluding hydrogens is 392 g/mol. The zero-order chi connectivity index (χ0) is 22.3. The van der Waals surface area contributed by atoms with Gasteiger partial charge in [0, 0.05) is 13.1 Å². The number of hydrogen-bond donors (Lipinski definition) is 2. The normalized spacial score (nSPS) is 33.4. The van der Waals surface area contributed by atoms with E-state index in [1.54, 1.807) is 0 Å². The third kappa shape index (κ3) is 4.68. The van der Waals surface area contributed by atoms with Crippen LogP contribution in [0.2, 0.25) is 0 Å². The number of piperidine rings is 1. The maximum atomic E-state index is 12.9. The number of ether oxygens (including phenoxy) is 2. The maximum Gasteiger partial charge on any atom is 0.239 e. The largest absolute Gasteiger partial charge is 0.390 e. The minimum atomic E-state index is -0.559. The first-order valence-electron chi connectivity index (χ1n) is 11.7. The fraction of sp³-hybridized carbons (Fsp3) is 0.720. The third-order valence-corrected chi connectivity index (χ3v) is 7.85. The highest BCUT2D eigenvalue weighted by Gasteiger charge is 2.53. The predicted octanol–water partition coefficient (Wildman–Crippen LogP) is 2.66. The summed E-state index contributed by atoms with van der Waals surface area (Å²) < 4.78 is 12.7. The van der Waals surface area contributed by atoms with E-state index in [-0.39, 0.29) is 23.0 Å². The van der Waals surface area contributed by atoms with Gasteiger partial charge in [-0.25, -0.2) is 0 Å². The van der Waals surface area contributed by atoms with E-state index in [4.69, 9.17) is 15.2 Å². The van der Waals surface area contributed by atoms with E-state index in [0.29, 0.717) is 6.42 Å². The summed E-state index contributed by atoms with van der Waals surface area (Å²) in [4.78, 5) is 14.8. The highest BCUT2D eigenvalue weighted by atomic mass is 16.6. The second kappa shape index (κ2) is 8.47. The van der Waals surface area contributed by atoms with Crippen molar-refractivity contribution in [2.45, 2.75) is 88.7 Å². The molecule has 4 rings (SSSR count). The first kappa shape index (κ1) is 22.7. The number of nitrogens with two attached hydrogens (primary N) is 1. The number of rotatable bonds is 4. The van der Waals surface area contributed by atoms with E-state index in [2.05, 4.69) is 6.92 Å². The van der Waals surface area contributed by atoms with Gasteiger partial charge in [0.05, 0.1) is 36.1 Å². The Morgan fingerprint density at radius 2 is 1.87 bits per heavy atom. The maximum absolute atomic E-state index is 12.9. The number of hydrogen-bond acceptors (Lipinski definition) is 5. The van der Waals surface area contributed by atoms with Gasteiger partial charge < -0.3 is 25.2 Å². The molecule has 6 heteroatoms. The number of carbonyl (C=O) groups excluding carboxylic acids is 1. The zero-order valence-electron chi connectivity index (χ0n) is 19.2. The lowest BCUT2D eigenvalue weighted by Gasteiger charge is -2.48. The summed E-state index contributed by atoms with van der Waals surface area (Å²) in [5.74, 6) is 0.0486. The highest BCUT2D eigenvalue weighted by molar-refractivity contribution is 5.82. The minimum absolute atomic E-state index is 0.0295. The molecule has 0 aromatic heterocycles. The molecule has 1 aromatic rings. The van der Waals surface area contributed by atoms with Crippen molar-refractivity contribution in [1.29, 1.82) is 0 Å². The Labute approximate surface area is 186 Å². The lowest BCUT2D eigenvalue weighted by atomic mass is 9.73. The van der Waals surface area contributed by atoms with Gasteiger partial charge >= 0.3 is 0 Å². The van der Waals surface area contributed by atoms with Crippen molar-refractivity contribution in [2.75, 3.05) is 19.7 Å². The average Bonchev–Trinajstić information content (AvgIpc) is 3.16. The molecule has 172 valence electrons. The van der Waals surface area contributed by atoms with Gasteiger partial charge in [0.2, 0.25) is 5.91 Å². The molecule has 1 aromatic carbocycles. The fourth-order valence-electron chi connectivity index (χ4n) is 5.64. The van der Waals surface area contributed by atoms with Crippen LogP contribution in [-0.4, -0.2) is 65.1 Å². The van der Waals surface area contributed by atoms with Gasteiger partial charge in [0.15, 0.2) is 0 Å². The van der Waals surface area contributed by atoms with Gasteiger partial charge in [-0.3, -0.25) is 4.79 Å². The van der Waals surface area contributed by atoms with E-state index in [9.17, 15) is 9.90 Å². The van der Waals surface area contributed by atoms with Crippen molar-refractivity contribution in [3.8, 4) is 0 Å². The zero-order valence-corrected chi connectivity index (χ0v) is 19.2. The standard InChI is InChI=1S/C25H38N2O4/c1-23(2)20(28)9-10-24(3,31-23)21-16-25(17-30-21)11-13-27(14-12-25)22(29)19(26)15-18-7-5-4-6-8-18/h4-8,19-21,28H,9-17,26H2,1-3H3/t19-,20-,21+,24+/m0/s1. The molecule has 0 saturated carbocycles. The first-order valence-corrected chi connectivity index (χ1v) is 11.7. The molecule has 0 unspecified atom stereocenters. The molecule has 3 N–H and O–H groups in total. The van der Waals surface area contributed by atoms with Crippen LogP contribution < -0.4 is 5.73 Å². The summed E-state index contributed by atoms with van der Waals surface area (Å²) in [5.41, 5.74) is 6.51. The molecule has 3 fully saturated rings. The molecule has 3 aliphatic heterocycles. The number of aliphatic hydroxyl groups is 1. The number of likely N-dealkylation sites (tertiary alicyclic amines) is 1.